The second kappa shape index (κ2) is 4.68. The Labute approximate surface area is 90.9 Å². The van der Waals surface area contributed by atoms with Crippen molar-refractivity contribution in [2.45, 2.75) is 32.8 Å². The average molecular weight is 209 g/mol. The molecule has 84 valence electrons. The third-order valence-corrected chi connectivity index (χ3v) is 2.36. The summed E-state index contributed by atoms with van der Waals surface area (Å²) in [6, 6.07) is 1.96. The molecular weight excluding hydrogens is 190 g/mol. The Balaban J connectivity index is 3.08. The van der Waals surface area contributed by atoms with Crippen LogP contribution in [0.2, 0.25) is 0 Å². The lowest BCUT2D eigenvalue weighted by atomic mass is 10.1. The molecular formula is C11H19N3O. The zero-order valence-electron chi connectivity index (χ0n) is 9.87. The van der Waals surface area contributed by atoms with Crippen molar-refractivity contribution in [1.82, 2.24) is 9.97 Å². The Morgan fingerprint density at radius 3 is 2.60 bits per heavy atom. The van der Waals surface area contributed by atoms with Crippen molar-refractivity contribution in [2.75, 3.05) is 13.7 Å². The van der Waals surface area contributed by atoms with Crippen LogP contribution in [0, 0.1) is 6.92 Å². The minimum Gasteiger partial charge on any atom is -0.371 e. The molecule has 1 aromatic heterocycles. The van der Waals surface area contributed by atoms with Gasteiger partial charge in [0.05, 0.1) is 0 Å². The highest BCUT2D eigenvalue weighted by Gasteiger charge is 2.23. The summed E-state index contributed by atoms with van der Waals surface area (Å²) in [7, 11) is 1.66. The SMILES string of the molecule is COC(C)(C)c1nc(C)cc(CCN)n1. The van der Waals surface area contributed by atoms with E-state index in [0.717, 1.165) is 17.8 Å². The Kier molecular flexibility index (Phi) is 3.77. The lowest BCUT2D eigenvalue weighted by molar-refractivity contribution is 0.0111. The van der Waals surface area contributed by atoms with Gasteiger partial charge in [0.2, 0.25) is 0 Å². The van der Waals surface area contributed by atoms with E-state index in [0.29, 0.717) is 12.4 Å². The lowest BCUT2D eigenvalue weighted by Gasteiger charge is -2.21. The second-order valence-corrected chi connectivity index (χ2v) is 4.08. The van der Waals surface area contributed by atoms with Crippen LogP contribution >= 0.6 is 0 Å². The van der Waals surface area contributed by atoms with Gasteiger partial charge in [-0.3, -0.25) is 0 Å². The molecule has 0 atom stereocenters. The highest BCUT2D eigenvalue weighted by atomic mass is 16.5. The maximum atomic E-state index is 5.51. The van der Waals surface area contributed by atoms with E-state index in [1.54, 1.807) is 7.11 Å². The van der Waals surface area contributed by atoms with Gasteiger partial charge in [-0.25, -0.2) is 9.97 Å². The number of nitrogens with two attached hydrogens (primary N) is 1. The summed E-state index contributed by atoms with van der Waals surface area (Å²) >= 11 is 0. The number of aromatic nitrogens is 2. The third kappa shape index (κ3) is 2.97. The van der Waals surface area contributed by atoms with Crippen LogP contribution in [0.3, 0.4) is 0 Å². The van der Waals surface area contributed by atoms with Crippen LogP contribution in [-0.2, 0) is 16.8 Å². The predicted octanol–water partition coefficient (Wildman–Crippen LogP) is 1.17. The molecule has 1 rings (SSSR count). The fourth-order valence-corrected chi connectivity index (χ4v) is 1.27. The van der Waals surface area contributed by atoms with E-state index in [2.05, 4.69) is 9.97 Å². The van der Waals surface area contributed by atoms with Gasteiger partial charge in [-0.1, -0.05) is 0 Å². The molecule has 0 aliphatic heterocycles. The first-order valence-electron chi connectivity index (χ1n) is 5.10. The van der Waals surface area contributed by atoms with Gasteiger partial charge in [0.15, 0.2) is 5.82 Å². The molecule has 0 spiro atoms. The molecule has 0 unspecified atom stereocenters. The molecule has 0 aliphatic carbocycles. The standard InChI is InChI=1S/C11H19N3O/c1-8-7-9(5-6-12)14-10(13-8)11(2,3)15-4/h7H,5-6,12H2,1-4H3. The van der Waals surface area contributed by atoms with E-state index in [1.807, 2.05) is 26.8 Å². The molecule has 4 heteroatoms. The van der Waals surface area contributed by atoms with Crippen LogP contribution in [0.1, 0.15) is 31.1 Å². The first kappa shape index (κ1) is 12.1. The summed E-state index contributed by atoms with van der Waals surface area (Å²) in [5, 5.41) is 0. The molecule has 0 bridgehead atoms. The fourth-order valence-electron chi connectivity index (χ4n) is 1.27. The van der Waals surface area contributed by atoms with Gasteiger partial charge in [-0.2, -0.15) is 0 Å². The zero-order valence-corrected chi connectivity index (χ0v) is 9.87. The number of methoxy groups -OCH3 is 1. The van der Waals surface area contributed by atoms with Crippen LogP contribution in [0.15, 0.2) is 6.07 Å². The molecule has 1 aromatic rings. The average Bonchev–Trinajstić information content (AvgIpc) is 2.17. The highest BCUT2D eigenvalue weighted by molar-refractivity contribution is 5.13. The monoisotopic (exact) mass is 209 g/mol. The van der Waals surface area contributed by atoms with Crippen LogP contribution < -0.4 is 5.73 Å². The maximum absolute atomic E-state index is 5.51. The summed E-state index contributed by atoms with van der Waals surface area (Å²) < 4.78 is 5.36. The topological polar surface area (TPSA) is 61.0 Å². The molecule has 2 N–H and O–H groups in total. The van der Waals surface area contributed by atoms with E-state index < -0.39 is 5.60 Å². The van der Waals surface area contributed by atoms with Gasteiger partial charge in [-0.05, 0) is 33.4 Å². The predicted molar refractivity (Wildman–Crippen MR) is 59.6 cm³/mol. The number of aryl methyl sites for hydroxylation is 1. The smallest absolute Gasteiger partial charge is 0.160 e. The van der Waals surface area contributed by atoms with Crippen LogP contribution in [-0.4, -0.2) is 23.6 Å². The molecule has 0 saturated heterocycles. The summed E-state index contributed by atoms with van der Waals surface area (Å²) in [5.41, 5.74) is 6.99. The molecule has 0 aliphatic rings. The van der Waals surface area contributed by atoms with Crippen molar-refractivity contribution >= 4 is 0 Å². The minimum absolute atomic E-state index is 0.449. The summed E-state index contributed by atoms with van der Waals surface area (Å²) in [4.78, 5) is 8.83. The summed E-state index contributed by atoms with van der Waals surface area (Å²) in [6.45, 7) is 6.46. The van der Waals surface area contributed by atoms with E-state index in [1.165, 1.54) is 0 Å². The highest BCUT2D eigenvalue weighted by Crippen LogP contribution is 2.20. The minimum atomic E-state index is -0.449. The molecule has 0 aromatic carbocycles. The molecule has 0 fully saturated rings. The van der Waals surface area contributed by atoms with Crippen molar-refractivity contribution < 1.29 is 4.74 Å². The van der Waals surface area contributed by atoms with Crippen LogP contribution in [0.4, 0.5) is 0 Å². The molecule has 15 heavy (non-hydrogen) atoms. The number of nitrogens with zero attached hydrogens (tertiary/aromatic N) is 2. The Morgan fingerprint density at radius 2 is 2.07 bits per heavy atom. The van der Waals surface area contributed by atoms with Crippen LogP contribution in [0.25, 0.3) is 0 Å². The van der Waals surface area contributed by atoms with Crippen molar-refractivity contribution in [1.29, 1.82) is 0 Å². The van der Waals surface area contributed by atoms with Crippen molar-refractivity contribution in [3.05, 3.63) is 23.3 Å². The van der Waals surface area contributed by atoms with Crippen molar-refractivity contribution in [3.8, 4) is 0 Å². The molecule has 0 amide bonds. The number of rotatable bonds is 4. The molecule has 0 saturated carbocycles. The van der Waals surface area contributed by atoms with Gasteiger partial charge >= 0.3 is 0 Å². The maximum Gasteiger partial charge on any atom is 0.160 e. The second-order valence-electron chi connectivity index (χ2n) is 4.08. The Morgan fingerprint density at radius 1 is 1.40 bits per heavy atom. The van der Waals surface area contributed by atoms with E-state index >= 15 is 0 Å². The normalized spacial score (nSPS) is 11.8. The quantitative estimate of drug-likeness (QED) is 0.808. The molecule has 1 heterocycles. The lowest BCUT2D eigenvalue weighted by Crippen LogP contribution is -2.24. The third-order valence-electron chi connectivity index (χ3n) is 2.36. The van der Waals surface area contributed by atoms with Crippen molar-refractivity contribution in [2.24, 2.45) is 5.73 Å². The van der Waals surface area contributed by atoms with Gasteiger partial charge in [0.25, 0.3) is 0 Å². The van der Waals surface area contributed by atoms with E-state index in [4.69, 9.17) is 10.5 Å². The molecule has 0 radical (unpaired) electrons. The first-order chi connectivity index (χ1) is 6.99. The van der Waals surface area contributed by atoms with Gasteiger partial charge in [-0.15, -0.1) is 0 Å². The van der Waals surface area contributed by atoms with Crippen molar-refractivity contribution in [3.63, 3.8) is 0 Å². The van der Waals surface area contributed by atoms with Gasteiger partial charge in [0.1, 0.15) is 5.60 Å². The van der Waals surface area contributed by atoms with E-state index in [-0.39, 0.29) is 0 Å². The number of hydrogen-bond acceptors (Lipinski definition) is 4. The summed E-state index contributed by atoms with van der Waals surface area (Å²) in [5.74, 6) is 0.716. The van der Waals surface area contributed by atoms with Gasteiger partial charge in [0, 0.05) is 24.9 Å². The zero-order chi connectivity index (χ0) is 11.5. The Hall–Kier alpha value is -1.00. The van der Waals surface area contributed by atoms with Crippen LogP contribution in [0.5, 0.6) is 0 Å². The molecule has 4 nitrogen and oxygen atoms in total. The van der Waals surface area contributed by atoms with E-state index in [9.17, 15) is 0 Å². The number of ether oxygens (including phenoxy) is 1. The largest absolute Gasteiger partial charge is 0.371 e. The van der Waals surface area contributed by atoms with Gasteiger partial charge < -0.3 is 10.5 Å². The Bertz CT molecular complexity index is 337. The number of hydrogen-bond donors (Lipinski definition) is 1. The first-order valence-corrected chi connectivity index (χ1v) is 5.10. The fraction of sp³-hybridized carbons (Fsp3) is 0.636. The summed E-state index contributed by atoms with van der Waals surface area (Å²) in [6.07, 6.45) is 0.774.